The standard InChI is InChI=1S/C15H19N7S/c1-3-4-10-22-13(16-19-20-22)11-23-15-18-17-14(21(15)2)12-8-6-5-7-9-12/h5-9H,3-4,10-11H2,1-2H3. The Hall–Kier alpha value is -2.22. The largest absolute Gasteiger partial charge is 0.305 e. The van der Waals surface area contributed by atoms with Gasteiger partial charge in [-0.2, -0.15) is 0 Å². The maximum Gasteiger partial charge on any atom is 0.191 e. The summed E-state index contributed by atoms with van der Waals surface area (Å²) in [5.41, 5.74) is 1.06. The predicted molar refractivity (Wildman–Crippen MR) is 88.7 cm³/mol. The monoisotopic (exact) mass is 329 g/mol. The highest BCUT2D eigenvalue weighted by molar-refractivity contribution is 7.98. The number of hydrogen-bond acceptors (Lipinski definition) is 6. The summed E-state index contributed by atoms with van der Waals surface area (Å²) in [4.78, 5) is 0. The number of aromatic nitrogens is 7. The summed E-state index contributed by atoms with van der Waals surface area (Å²) >= 11 is 1.59. The van der Waals surface area contributed by atoms with E-state index in [1.807, 2.05) is 46.6 Å². The van der Waals surface area contributed by atoms with Gasteiger partial charge in [-0.05, 0) is 16.8 Å². The summed E-state index contributed by atoms with van der Waals surface area (Å²) < 4.78 is 3.87. The number of aryl methyl sites for hydroxylation is 1. The first kappa shape index (κ1) is 15.7. The van der Waals surface area contributed by atoms with Gasteiger partial charge in [0, 0.05) is 19.2 Å². The third-order valence-corrected chi connectivity index (χ3v) is 4.54. The van der Waals surface area contributed by atoms with Crippen molar-refractivity contribution in [1.82, 2.24) is 35.0 Å². The smallest absolute Gasteiger partial charge is 0.191 e. The SMILES string of the molecule is CCCCn1nnnc1CSc1nnc(-c2ccccc2)n1C. The van der Waals surface area contributed by atoms with E-state index in [0.717, 1.165) is 41.8 Å². The third kappa shape index (κ3) is 3.58. The number of rotatable bonds is 7. The van der Waals surface area contributed by atoms with Crippen molar-refractivity contribution < 1.29 is 0 Å². The molecule has 8 heteroatoms. The normalized spacial score (nSPS) is 11.0. The molecule has 23 heavy (non-hydrogen) atoms. The molecule has 1 aromatic carbocycles. The fraction of sp³-hybridized carbons (Fsp3) is 0.400. The average Bonchev–Trinajstić information content (AvgIpc) is 3.18. The predicted octanol–water partition coefficient (Wildman–Crippen LogP) is 2.56. The van der Waals surface area contributed by atoms with Crippen LogP contribution in [0.4, 0.5) is 0 Å². The molecule has 0 aliphatic rings. The van der Waals surface area contributed by atoms with E-state index < -0.39 is 0 Å². The zero-order valence-corrected chi connectivity index (χ0v) is 14.1. The van der Waals surface area contributed by atoms with Crippen molar-refractivity contribution in [3.63, 3.8) is 0 Å². The van der Waals surface area contributed by atoms with Gasteiger partial charge in [-0.1, -0.05) is 55.4 Å². The van der Waals surface area contributed by atoms with Crippen LogP contribution >= 0.6 is 11.8 Å². The number of benzene rings is 1. The fourth-order valence-corrected chi connectivity index (χ4v) is 3.06. The van der Waals surface area contributed by atoms with Crippen molar-refractivity contribution in [3.8, 4) is 11.4 Å². The Labute approximate surface area is 139 Å². The van der Waals surface area contributed by atoms with Crippen LogP contribution in [-0.2, 0) is 19.3 Å². The molecule has 0 fully saturated rings. The van der Waals surface area contributed by atoms with Crippen LogP contribution in [-0.4, -0.2) is 35.0 Å². The molecule has 0 saturated carbocycles. The molecule has 2 heterocycles. The minimum absolute atomic E-state index is 0.678. The molecule has 0 atom stereocenters. The molecule has 3 rings (SSSR count). The molecule has 2 aromatic heterocycles. The number of hydrogen-bond donors (Lipinski definition) is 0. The van der Waals surface area contributed by atoms with Gasteiger partial charge in [0.05, 0.1) is 5.75 Å². The van der Waals surface area contributed by atoms with Crippen molar-refractivity contribution >= 4 is 11.8 Å². The van der Waals surface area contributed by atoms with Gasteiger partial charge in [0.15, 0.2) is 16.8 Å². The lowest BCUT2D eigenvalue weighted by molar-refractivity contribution is 0.540. The molecule has 120 valence electrons. The minimum Gasteiger partial charge on any atom is -0.305 e. The van der Waals surface area contributed by atoms with Crippen LogP contribution in [0, 0.1) is 0 Å². The maximum atomic E-state index is 4.29. The second-order valence-corrected chi connectivity index (χ2v) is 6.13. The lowest BCUT2D eigenvalue weighted by Crippen LogP contribution is -2.05. The van der Waals surface area contributed by atoms with Crippen LogP contribution in [0.3, 0.4) is 0 Å². The van der Waals surface area contributed by atoms with Gasteiger partial charge in [-0.25, -0.2) is 4.68 Å². The van der Waals surface area contributed by atoms with Crippen LogP contribution in [0.1, 0.15) is 25.6 Å². The van der Waals surface area contributed by atoms with Gasteiger partial charge in [-0.15, -0.1) is 15.3 Å². The summed E-state index contributed by atoms with van der Waals surface area (Å²) in [6.45, 7) is 3.01. The van der Waals surface area contributed by atoms with E-state index in [1.165, 1.54) is 0 Å². The Morgan fingerprint density at radius 2 is 1.91 bits per heavy atom. The van der Waals surface area contributed by atoms with Crippen LogP contribution < -0.4 is 0 Å². The molecule has 0 N–H and O–H groups in total. The Bertz CT molecular complexity index is 750. The Kier molecular flexibility index (Phi) is 5.02. The number of unbranched alkanes of at least 4 members (excludes halogenated alkanes) is 1. The molecule has 0 bridgehead atoms. The van der Waals surface area contributed by atoms with E-state index in [4.69, 9.17) is 0 Å². The van der Waals surface area contributed by atoms with Crippen molar-refractivity contribution in [2.75, 3.05) is 0 Å². The van der Waals surface area contributed by atoms with E-state index in [2.05, 4.69) is 32.6 Å². The van der Waals surface area contributed by atoms with Crippen LogP contribution in [0.15, 0.2) is 35.5 Å². The first-order valence-corrected chi connectivity index (χ1v) is 8.60. The van der Waals surface area contributed by atoms with Gasteiger partial charge in [-0.3, -0.25) is 0 Å². The Balaban J connectivity index is 1.70. The van der Waals surface area contributed by atoms with Crippen LogP contribution in [0.2, 0.25) is 0 Å². The zero-order chi connectivity index (χ0) is 16.1. The molecule has 0 amide bonds. The summed E-state index contributed by atoms with van der Waals surface area (Å²) in [5.74, 6) is 2.41. The summed E-state index contributed by atoms with van der Waals surface area (Å²) in [6, 6.07) is 10.1. The Morgan fingerprint density at radius 1 is 1.09 bits per heavy atom. The minimum atomic E-state index is 0.678. The lowest BCUT2D eigenvalue weighted by atomic mass is 10.2. The quantitative estimate of drug-likeness (QED) is 0.620. The van der Waals surface area contributed by atoms with Crippen molar-refractivity contribution in [3.05, 3.63) is 36.2 Å². The highest BCUT2D eigenvalue weighted by Crippen LogP contribution is 2.24. The number of thioether (sulfide) groups is 1. The fourth-order valence-electron chi connectivity index (χ4n) is 2.22. The van der Waals surface area contributed by atoms with E-state index in [9.17, 15) is 0 Å². The van der Waals surface area contributed by atoms with Gasteiger partial charge in [0.1, 0.15) is 0 Å². The topological polar surface area (TPSA) is 74.3 Å². The van der Waals surface area contributed by atoms with Gasteiger partial charge in [0.25, 0.3) is 0 Å². The van der Waals surface area contributed by atoms with Gasteiger partial charge in [0.2, 0.25) is 0 Å². The highest BCUT2D eigenvalue weighted by atomic mass is 32.2. The number of nitrogens with zero attached hydrogens (tertiary/aromatic N) is 7. The molecular weight excluding hydrogens is 310 g/mol. The van der Waals surface area contributed by atoms with Crippen LogP contribution in [0.25, 0.3) is 11.4 Å². The van der Waals surface area contributed by atoms with E-state index in [0.29, 0.717) is 5.75 Å². The van der Waals surface area contributed by atoms with E-state index in [-0.39, 0.29) is 0 Å². The molecule has 0 saturated heterocycles. The zero-order valence-electron chi connectivity index (χ0n) is 13.3. The summed E-state index contributed by atoms with van der Waals surface area (Å²) in [7, 11) is 1.98. The lowest BCUT2D eigenvalue weighted by Gasteiger charge is -2.04. The molecular formula is C15H19N7S. The summed E-state index contributed by atoms with van der Waals surface area (Å²) in [5, 5.41) is 21.3. The summed E-state index contributed by atoms with van der Waals surface area (Å²) in [6.07, 6.45) is 2.20. The average molecular weight is 329 g/mol. The van der Waals surface area contributed by atoms with Crippen molar-refractivity contribution in [2.45, 2.75) is 37.2 Å². The van der Waals surface area contributed by atoms with Gasteiger partial charge < -0.3 is 4.57 Å². The first-order valence-electron chi connectivity index (χ1n) is 7.62. The van der Waals surface area contributed by atoms with Crippen molar-refractivity contribution in [2.24, 2.45) is 7.05 Å². The molecule has 7 nitrogen and oxygen atoms in total. The maximum absolute atomic E-state index is 4.29. The second kappa shape index (κ2) is 7.36. The van der Waals surface area contributed by atoms with Crippen molar-refractivity contribution in [1.29, 1.82) is 0 Å². The Morgan fingerprint density at radius 3 is 2.70 bits per heavy atom. The molecule has 3 aromatic rings. The molecule has 0 spiro atoms. The van der Waals surface area contributed by atoms with Gasteiger partial charge >= 0.3 is 0 Å². The van der Waals surface area contributed by atoms with E-state index >= 15 is 0 Å². The molecule has 0 unspecified atom stereocenters. The second-order valence-electron chi connectivity index (χ2n) is 5.19. The van der Waals surface area contributed by atoms with E-state index in [1.54, 1.807) is 11.8 Å². The highest BCUT2D eigenvalue weighted by Gasteiger charge is 2.13. The third-order valence-electron chi connectivity index (χ3n) is 3.53. The molecule has 0 aliphatic heterocycles. The molecule has 0 radical (unpaired) electrons. The van der Waals surface area contributed by atoms with Crippen LogP contribution in [0.5, 0.6) is 0 Å². The molecule has 0 aliphatic carbocycles. The number of tetrazole rings is 1. The first-order chi connectivity index (χ1) is 11.3.